The summed E-state index contributed by atoms with van der Waals surface area (Å²) in [7, 11) is 3.26. The molecule has 0 aliphatic heterocycles. The molecule has 1 aromatic carbocycles. The zero-order valence-corrected chi connectivity index (χ0v) is 13.2. The van der Waals surface area contributed by atoms with Gasteiger partial charge in [-0.3, -0.25) is 4.79 Å². The molecule has 2 N–H and O–H groups in total. The van der Waals surface area contributed by atoms with Crippen molar-refractivity contribution < 1.29 is 14.3 Å². The van der Waals surface area contributed by atoms with Gasteiger partial charge in [0.15, 0.2) is 11.5 Å². The topological polar surface area (TPSA) is 59.6 Å². The molecule has 20 heavy (non-hydrogen) atoms. The van der Waals surface area contributed by atoms with E-state index in [9.17, 15) is 4.79 Å². The zero-order chi connectivity index (χ0) is 15.0. The van der Waals surface area contributed by atoms with Gasteiger partial charge in [0.05, 0.1) is 14.2 Å². The van der Waals surface area contributed by atoms with Crippen LogP contribution >= 0.6 is 11.8 Å². The SMILES string of the molecule is COc1cc(CNCCNC(C)=O)c(SC)cc1OC. The maximum absolute atomic E-state index is 10.8. The first-order valence-corrected chi connectivity index (χ1v) is 7.58. The van der Waals surface area contributed by atoms with Crippen LogP contribution in [0.25, 0.3) is 0 Å². The molecular weight excluding hydrogens is 276 g/mol. The van der Waals surface area contributed by atoms with Crippen molar-refractivity contribution in [2.75, 3.05) is 33.6 Å². The van der Waals surface area contributed by atoms with Crippen LogP contribution in [0.2, 0.25) is 0 Å². The molecular formula is C14H22N2O3S. The normalized spacial score (nSPS) is 10.2. The van der Waals surface area contributed by atoms with Gasteiger partial charge in [0.1, 0.15) is 0 Å². The summed E-state index contributed by atoms with van der Waals surface area (Å²) in [5.74, 6) is 1.45. The average molecular weight is 298 g/mol. The van der Waals surface area contributed by atoms with E-state index in [0.29, 0.717) is 6.54 Å². The molecule has 0 heterocycles. The minimum Gasteiger partial charge on any atom is -0.493 e. The molecule has 0 unspecified atom stereocenters. The Balaban J connectivity index is 2.66. The minimum atomic E-state index is -0.0114. The van der Waals surface area contributed by atoms with Crippen molar-refractivity contribution in [1.29, 1.82) is 0 Å². The van der Waals surface area contributed by atoms with Crippen molar-refractivity contribution in [3.8, 4) is 11.5 Å². The van der Waals surface area contributed by atoms with Gasteiger partial charge in [-0.1, -0.05) is 0 Å². The second kappa shape index (κ2) is 8.71. The molecule has 0 saturated carbocycles. The Labute approximate surface area is 124 Å². The monoisotopic (exact) mass is 298 g/mol. The molecule has 0 aliphatic carbocycles. The number of methoxy groups -OCH3 is 2. The number of nitrogens with one attached hydrogen (secondary N) is 2. The summed E-state index contributed by atoms with van der Waals surface area (Å²) in [5, 5.41) is 6.05. The van der Waals surface area contributed by atoms with E-state index in [0.717, 1.165) is 35.0 Å². The summed E-state index contributed by atoms with van der Waals surface area (Å²) in [6.45, 7) is 3.58. The summed E-state index contributed by atoms with van der Waals surface area (Å²) >= 11 is 1.67. The second-order valence-electron chi connectivity index (χ2n) is 4.18. The molecule has 0 bridgehead atoms. The van der Waals surface area contributed by atoms with Crippen LogP contribution in [0, 0.1) is 0 Å². The van der Waals surface area contributed by atoms with E-state index in [1.54, 1.807) is 26.0 Å². The van der Waals surface area contributed by atoms with Crippen molar-refractivity contribution in [2.45, 2.75) is 18.4 Å². The Morgan fingerprint density at radius 2 is 1.85 bits per heavy atom. The lowest BCUT2D eigenvalue weighted by molar-refractivity contribution is -0.118. The van der Waals surface area contributed by atoms with Gasteiger partial charge < -0.3 is 20.1 Å². The van der Waals surface area contributed by atoms with E-state index < -0.39 is 0 Å². The third-order valence-corrected chi connectivity index (χ3v) is 3.60. The Morgan fingerprint density at radius 3 is 2.40 bits per heavy atom. The third kappa shape index (κ3) is 4.94. The van der Waals surface area contributed by atoms with Crippen molar-refractivity contribution in [2.24, 2.45) is 0 Å². The van der Waals surface area contributed by atoms with Crippen LogP contribution in [0.15, 0.2) is 17.0 Å². The maximum atomic E-state index is 10.8. The Kier molecular flexibility index (Phi) is 7.25. The van der Waals surface area contributed by atoms with E-state index in [1.165, 1.54) is 6.92 Å². The lowest BCUT2D eigenvalue weighted by Crippen LogP contribution is -2.30. The van der Waals surface area contributed by atoms with Crippen LogP contribution in [0.1, 0.15) is 12.5 Å². The number of ether oxygens (including phenoxy) is 2. The van der Waals surface area contributed by atoms with Crippen molar-refractivity contribution in [1.82, 2.24) is 10.6 Å². The average Bonchev–Trinajstić information content (AvgIpc) is 2.45. The number of hydrogen-bond acceptors (Lipinski definition) is 5. The van der Waals surface area contributed by atoms with Gasteiger partial charge >= 0.3 is 0 Å². The van der Waals surface area contributed by atoms with Gasteiger partial charge in [-0.25, -0.2) is 0 Å². The van der Waals surface area contributed by atoms with E-state index in [1.807, 2.05) is 18.4 Å². The Bertz CT molecular complexity index is 452. The van der Waals surface area contributed by atoms with Gasteiger partial charge in [0.25, 0.3) is 0 Å². The fourth-order valence-corrected chi connectivity index (χ4v) is 2.40. The molecule has 0 atom stereocenters. The van der Waals surface area contributed by atoms with Crippen molar-refractivity contribution in [3.63, 3.8) is 0 Å². The Hall–Kier alpha value is -1.40. The minimum absolute atomic E-state index is 0.0114. The third-order valence-electron chi connectivity index (χ3n) is 2.78. The van der Waals surface area contributed by atoms with E-state index in [-0.39, 0.29) is 5.91 Å². The molecule has 0 fully saturated rings. The lowest BCUT2D eigenvalue weighted by atomic mass is 10.2. The summed E-state index contributed by atoms with van der Waals surface area (Å²) in [6, 6.07) is 3.96. The van der Waals surface area contributed by atoms with Crippen molar-refractivity contribution >= 4 is 17.7 Å². The predicted octanol–water partition coefficient (Wildman–Crippen LogP) is 1.65. The van der Waals surface area contributed by atoms with Crippen LogP contribution < -0.4 is 20.1 Å². The second-order valence-corrected chi connectivity index (χ2v) is 5.03. The molecule has 5 nitrogen and oxygen atoms in total. The molecule has 6 heteroatoms. The first kappa shape index (κ1) is 16.7. The highest BCUT2D eigenvalue weighted by Crippen LogP contribution is 2.34. The number of rotatable bonds is 8. The molecule has 0 spiro atoms. The summed E-state index contributed by atoms with van der Waals surface area (Å²) in [6.07, 6.45) is 2.03. The number of carbonyl (C=O) groups is 1. The van der Waals surface area contributed by atoms with Gasteiger partial charge in [-0.05, 0) is 24.0 Å². The lowest BCUT2D eigenvalue weighted by Gasteiger charge is -2.14. The van der Waals surface area contributed by atoms with Crippen LogP contribution in [0.5, 0.6) is 11.5 Å². The highest BCUT2D eigenvalue weighted by Gasteiger charge is 2.10. The summed E-state index contributed by atoms with van der Waals surface area (Å²) in [4.78, 5) is 11.9. The van der Waals surface area contributed by atoms with Gasteiger partial charge in [-0.15, -0.1) is 11.8 Å². The molecule has 112 valence electrons. The highest BCUT2D eigenvalue weighted by molar-refractivity contribution is 7.98. The largest absolute Gasteiger partial charge is 0.493 e. The van der Waals surface area contributed by atoms with E-state index in [4.69, 9.17) is 9.47 Å². The molecule has 0 radical (unpaired) electrons. The van der Waals surface area contributed by atoms with Crippen LogP contribution in [-0.4, -0.2) is 39.5 Å². The van der Waals surface area contributed by atoms with Crippen LogP contribution in [-0.2, 0) is 11.3 Å². The molecule has 0 aliphatic rings. The number of benzene rings is 1. The van der Waals surface area contributed by atoms with Crippen molar-refractivity contribution in [3.05, 3.63) is 17.7 Å². The summed E-state index contributed by atoms with van der Waals surface area (Å²) < 4.78 is 10.6. The van der Waals surface area contributed by atoms with Crippen LogP contribution in [0.3, 0.4) is 0 Å². The number of carbonyl (C=O) groups excluding carboxylic acids is 1. The highest BCUT2D eigenvalue weighted by atomic mass is 32.2. The van der Waals surface area contributed by atoms with Gasteiger partial charge in [0.2, 0.25) is 5.91 Å². The molecule has 0 saturated heterocycles. The number of amides is 1. The Morgan fingerprint density at radius 1 is 1.20 bits per heavy atom. The molecule has 1 rings (SSSR count). The fraction of sp³-hybridized carbons (Fsp3) is 0.500. The molecule has 0 aromatic heterocycles. The fourth-order valence-electron chi connectivity index (χ4n) is 1.78. The first-order valence-electron chi connectivity index (χ1n) is 6.36. The zero-order valence-electron chi connectivity index (χ0n) is 12.4. The van der Waals surface area contributed by atoms with Gasteiger partial charge in [0, 0.05) is 31.5 Å². The first-order chi connectivity index (χ1) is 9.62. The van der Waals surface area contributed by atoms with Gasteiger partial charge in [-0.2, -0.15) is 0 Å². The molecule has 1 amide bonds. The standard InChI is InChI=1S/C14H22N2O3S/c1-10(17)16-6-5-15-9-11-7-12(18-2)13(19-3)8-14(11)20-4/h7-8,15H,5-6,9H2,1-4H3,(H,16,17). The smallest absolute Gasteiger partial charge is 0.216 e. The number of hydrogen-bond donors (Lipinski definition) is 2. The number of thioether (sulfide) groups is 1. The maximum Gasteiger partial charge on any atom is 0.216 e. The van der Waals surface area contributed by atoms with E-state index in [2.05, 4.69) is 10.6 Å². The predicted molar refractivity (Wildman–Crippen MR) is 81.7 cm³/mol. The summed E-state index contributed by atoms with van der Waals surface area (Å²) in [5.41, 5.74) is 1.15. The van der Waals surface area contributed by atoms with E-state index >= 15 is 0 Å². The van der Waals surface area contributed by atoms with Crippen LogP contribution in [0.4, 0.5) is 0 Å². The quantitative estimate of drug-likeness (QED) is 0.564. The molecule has 1 aromatic rings.